The number of nitrogens with zero attached hydrogens (tertiary/aromatic N) is 1. The molecule has 13 heavy (non-hydrogen) atoms. The molecule has 2 atom stereocenters. The number of amides is 2. The fraction of sp³-hybridized carbons (Fsp3) is 0.889. The van der Waals surface area contributed by atoms with Crippen molar-refractivity contribution in [2.75, 3.05) is 26.7 Å². The van der Waals surface area contributed by atoms with Crippen LogP contribution in [0.2, 0.25) is 0 Å². The molecule has 0 aromatic carbocycles. The van der Waals surface area contributed by atoms with Gasteiger partial charge in [0.1, 0.15) is 0 Å². The van der Waals surface area contributed by atoms with Crippen LogP contribution < -0.4 is 10.6 Å². The lowest BCUT2D eigenvalue weighted by atomic mass is 10.0. The Morgan fingerprint density at radius 2 is 2.08 bits per heavy atom. The van der Waals surface area contributed by atoms with Crippen LogP contribution in [0.5, 0.6) is 0 Å². The summed E-state index contributed by atoms with van der Waals surface area (Å²) in [4.78, 5) is 13.1. The van der Waals surface area contributed by atoms with Gasteiger partial charge in [-0.05, 0) is 7.05 Å². The van der Waals surface area contributed by atoms with Crippen LogP contribution in [0, 0.1) is 5.92 Å². The fourth-order valence-electron chi connectivity index (χ4n) is 1.90. The Morgan fingerprint density at radius 3 is 2.77 bits per heavy atom. The molecule has 4 nitrogen and oxygen atoms in total. The number of likely N-dealkylation sites (N-methyl/N-ethyl adjacent to an activating group) is 1. The number of carbonyl (C=O) groups is 1. The third kappa shape index (κ3) is 2.34. The summed E-state index contributed by atoms with van der Waals surface area (Å²) >= 11 is 0. The second kappa shape index (κ2) is 4.46. The van der Waals surface area contributed by atoms with Gasteiger partial charge in [0.05, 0.1) is 0 Å². The van der Waals surface area contributed by atoms with E-state index >= 15 is 0 Å². The third-order valence-electron chi connectivity index (χ3n) is 2.46. The minimum Gasteiger partial charge on any atom is -0.338 e. The summed E-state index contributed by atoms with van der Waals surface area (Å²) < 4.78 is 0. The monoisotopic (exact) mass is 185 g/mol. The number of hydrogen-bond acceptors (Lipinski definition) is 2. The molecule has 0 saturated carbocycles. The van der Waals surface area contributed by atoms with Gasteiger partial charge >= 0.3 is 6.03 Å². The quantitative estimate of drug-likeness (QED) is 0.568. The van der Waals surface area contributed by atoms with Gasteiger partial charge in [-0.25, -0.2) is 4.79 Å². The lowest BCUT2D eigenvalue weighted by molar-refractivity contribution is 0.223. The predicted molar refractivity (Wildman–Crippen MR) is 52.7 cm³/mol. The van der Waals surface area contributed by atoms with E-state index in [9.17, 15) is 4.79 Å². The molecule has 2 aliphatic heterocycles. The molecule has 76 valence electrons. The van der Waals surface area contributed by atoms with Crippen LogP contribution in [0.1, 0.15) is 13.8 Å². The van der Waals surface area contributed by atoms with E-state index in [4.69, 9.17) is 0 Å². The van der Waals surface area contributed by atoms with Gasteiger partial charge in [-0.15, -0.1) is 0 Å². The van der Waals surface area contributed by atoms with E-state index in [1.165, 1.54) is 0 Å². The van der Waals surface area contributed by atoms with Crippen molar-refractivity contribution in [3.63, 3.8) is 0 Å². The standard InChI is InChI=1S/C7H13N3O.C2H6/c1-10-3-5-2-8-7(11)9-6(5)4-10;1-2/h5-6H,2-4H2,1H3,(H2,8,9,11);1-2H3. The molecule has 2 saturated heterocycles. The summed E-state index contributed by atoms with van der Waals surface area (Å²) in [5, 5.41) is 5.71. The zero-order chi connectivity index (χ0) is 9.84. The van der Waals surface area contributed by atoms with Crippen LogP contribution in [-0.2, 0) is 0 Å². The van der Waals surface area contributed by atoms with E-state index in [0.717, 1.165) is 19.6 Å². The van der Waals surface area contributed by atoms with Gasteiger partial charge in [0.25, 0.3) is 0 Å². The van der Waals surface area contributed by atoms with E-state index in [1.807, 2.05) is 13.8 Å². The summed E-state index contributed by atoms with van der Waals surface area (Å²) in [6, 6.07) is 0.371. The Hall–Kier alpha value is -0.770. The Bertz CT molecular complexity index is 184. The van der Waals surface area contributed by atoms with E-state index in [2.05, 4.69) is 22.6 Å². The first-order valence-corrected chi connectivity index (χ1v) is 4.98. The van der Waals surface area contributed by atoms with Crippen LogP contribution >= 0.6 is 0 Å². The van der Waals surface area contributed by atoms with Gasteiger partial charge in [0, 0.05) is 31.6 Å². The van der Waals surface area contributed by atoms with Crippen molar-refractivity contribution in [2.24, 2.45) is 5.92 Å². The maximum atomic E-state index is 10.9. The molecule has 0 aliphatic carbocycles. The molecule has 2 fully saturated rings. The Morgan fingerprint density at radius 1 is 1.38 bits per heavy atom. The van der Waals surface area contributed by atoms with Crippen LogP contribution in [-0.4, -0.2) is 43.7 Å². The summed E-state index contributed by atoms with van der Waals surface area (Å²) in [7, 11) is 2.09. The average molecular weight is 185 g/mol. The first-order valence-electron chi connectivity index (χ1n) is 4.98. The molecule has 2 amide bonds. The highest BCUT2D eigenvalue weighted by atomic mass is 16.2. The molecule has 0 aromatic heterocycles. The lowest BCUT2D eigenvalue weighted by Crippen LogP contribution is -2.54. The first-order chi connectivity index (χ1) is 6.25. The molecule has 2 heterocycles. The number of urea groups is 1. The molecular formula is C9H19N3O. The second-order valence-electron chi connectivity index (χ2n) is 3.44. The minimum absolute atomic E-state index is 0.0125. The van der Waals surface area contributed by atoms with Crippen molar-refractivity contribution < 1.29 is 4.79 Å². The smallest absolute Gasteiger partial charge is 0.315 e. The Labute approximate surface area is 79.7 Å². The van der Waals surface area contributed by atoms with Gasteiger partial charge in [0.15, 0.2) is 0 Å². The molecule has 2 aliphatic rings. The number of likely N-dealkylation sites (tertiary alicyclic amines) is 1. The predicted octanol–water partition coefficient (Wildman–Crippen LogP) is 0.256. The average Bonchev–Trinajstić information content (AvgIpc) is 2.48. The highest BCUT2D eigenvalue weighted by Gasteiger charge is 2.34. The molecule has 0 aromatic rings. The molecular weight excluding hydrogens is 166 g/mol. The Balaban J connectivity index is 0.000000396. The Kier molecular flexibility index (Phi) is 3.54. The highest BCUT2D eigenvalue weighted by molar-refractivity contribution is 5.75. The number of nitrogens with one attached hydrogen (secondary N) is 2. The van der Waals surface area contributed by atoms with Gasteiger partial charge in [-0.1, -0.05) is 13.8 Å². The van der Waals surface area contributed by atoms with E-state index in [1.54, 1.807) is 0 Å². The zero-order valence-corrected chi connectivity index (χ0v) is 8.63. The van der Waals surface area contributed by atoms with Gasteiger partial charge in [-0.2, -0.15) is 0 Å². The molecule has 2 unspecified atom stereocenters. The summed E-state index contributed by atoms with van der Waals surface area (Å²) in [6.07, 6.45) is 0. The fourth-order valence-corrected chi connectivity index (χ4v) is 1.90. The molecule has 2 N–H and O–H groups in total. The van der Waals surface area contributed by atoms with E-state index in [-0.39, 0.29) is 6.03 Å². The van der Waals surface area contributed by atoms with Crippen molar-refractivity contribution in [2.45, 2.75) is 19.9 Å². The summed E-state index contributed by atoms with van der Waals surface area (Å²) in [5.74, 6) is 0.609. The van der Waals surface area contributed by atoms with Crippen LogP contribution in [0.15, 0.2) is 0 Å². The molecule has 0 spiro atoms. The topological polar surface area (TPSA) is 44.4 Å². The van der Waals surface area contributed by atoms with Crippen LogP contribution in [0.4, 0.5) is 4.79 Å². The van der Waals surface area contributed by atoms with Gasteiger partial charge in [0.2, 0.25) is 0 Å². The summed E-state index contributed by atoms with van der Waals surface area (Å²) in [5.41, 5.74) is 0. The van der Waals surface area contributed by atoms with Gasteiger partial charge < -0.3 is 15.5 Å². The number of hydrogen-bond donors (Lipinski definition) is 2. The number of rotatable bonds is 0. The van der Waals surface area contributed by atoms with Crippen molar-refractivity contribution in [3.8, 4) is 0 Å². The third-order valence-corrected chi connectivity index (χ3v) is 2.46. The first kappa shape index (κ1) is 10.3. The van der Waals surface area contributed by atoms with Gasteiger partial charge in [-0.3, -0.25) is 0 Å². The molecule has 0 radical (unpaired) electrons. The lowest BCUT2D eigenvalue weighted by Gasteiger charge is -2.25. The van der Waals surface area contributed by atoms with Crippen molar-refractivity contribution in [3.05, 3.63) is 0 Å². The maximum absolute atomic E-state index is 10.9. The largest absolute Gasteiger partial charge is 0.338 e. The molecule has 2 rings (SSSR count). The van der Waals surface area contributed by atoms with Crippen molar-refractivity contribution in [1.82, 2.24) is 15.5 Å². The van der Waals surface area contributed by atoms with Crippen molar-refractivity contribution in [1.29, 1.82) is 0 Å². The molecule has 4 heteroatoms. The highest BCUT2D eigenvalue weighted by Crippen LogP contribution is 2.16. The normalized spacial score (nSPS) is 32.4. The zero-order valence-electron chi connectivity index (χ0n) is 8.63. The molecule has 0 bridgehead atoms. The van der Waals surface area contributed by atoms with Crippen molar-refractivity contribution >= 4 is 6.03 Å². The van der Waals surface area contributed by atoms with E-state index < -0.39 is 0 Å². The summed E-state index contributed by atoms with van der Waals surface area (Å²) in [6.45, 7) is 6.93. The van der Waals surface area contributed by atoms with E-state index in [0.29, 0.717) is 12.0 Å². The number of fused-ring (bicyclic) bond motifs is 1. The van der Waals surface area contributed by atoms with Crippen LogP contribution in [0.25, 0.3) is 0 Å². The van der Waals surface area contributed by atoms with Crippen LogP contribution in [0.3, 0.4) is 0 Å². The SMILES string of the molecule is CC.CN1CC2CNC(=O)NC2C1. The number of carbonyl (C=O) groups excluding carboxylic acids is 1. The second-order valence-corrected chi connectivity index (χ2v) is 3.44. The minimum atomic E-state index is -0.0125. The maximum Gasteiger partial charge on any atom is 0.315 e.